The van der Waals surface area contributed by atoms with Gasteiger partial charge in [0.05, 0.1) is 23.8 Å². The predicted octanol–water partition coefficient (Wildman–Crippen LogP) is 4.73. The van der Waals surface area contributed by atoms with Crippen LogP contribution in [0.5, 0.6) is 11.5 Å². The van der Waals surface area contributed by atoms with Gasteiger partial charge in [0.2, 0.25) is 5.78 Å². The van der Waals surface area contributed by atoms with E-state index in [1.807, 2.05) is 0 Å². The van der Waals surface area contributed by atoms with Crippen LogP contribution in [0.1, 0.15) is 64.1 Å². The molecule has 2 aromatic rings. The van der Waals surface area contributed by atoms with E-state index in [4.69, 9.17) is 9.47 Å². The number of ether oxygens (including phenoxy) is 2. The molecular formula is C25H29NO5. The van der Waals surface area contributed by atoms with E-state index in [0.29, 0.717) is 34.5 Å². The number of fused-ring (bicyclic) bond motifs is 1. The van der Waals surface area contributed by atoms with Gasteiger partial charge in [-0.3, -0.25) is 9.69 Å². The molecule has 0 aliphatic carbocycles. The summed E-state index contributed by atoms with van der Waals surface area (Å²) in [6.45, 7) is 8.36. The molecule has 0 amide bonds. The summed E-state index contributed by atoms with van der Waals surface area (Å²) >= 11 is 0. The van der Waals surface area contributed by atoms with Crippen molar-refractivity contribution in [3.05, 3.63) is 63.9 Å². The van der Waals surface area contributed by atoms with Crippen LogP contribution >= 0.6 is 0 Å². The number of ketones is 1. The van der Waals surface area contributed by atoms with Crippen molar-refractivity contribution in [3.63, 3.8) is 0 Å². The molecule has 1 aliphatic rings. The van der Waals surface area contributed by atoms with E-state index in [9.17, 15) is 14.7 Å². The number of methoxy groups -OCH3 is 1. The molecule has 2 aromatic carbocycles. The standard InChI is InChI=1S/C25H29NO5/c1-5-11-26(12-6-2)15-19-20(27)13-16(3)22-23(28)21(31-24(19)22)14-17-7-9-18(10-8-17)25(29)30-4/h7-10,13-14,27H,5-6,11-12,15H2,1-4H3/b21-14+. The Labute approximate surface area is 183 Å². The normalized spacial score (nSPS) is 14.1. The molecule has 0 unspecified atom stereocenters. The first-order valence-electron chi connectivity index (χ1n) is 10.6. The van der Waals surface area contributed by atoms with Gasteiger partial charge in [-0.1, -0.05) is 26.0 Å². The number of phenols is 1. The number of aryl methyl sites for hydroxylation is 1. The lowest BCUT2D eigenvalue weighted by Gasteiger charge is -2.22. The smallest absolute Gasteiger partial charge is 0.337 e. The molecule has 6 heteroatoms. The number of esters is 1. The molecule has 0 spiro atoms. The van der Waals surface area contributed by atoms with Crippen LogP contribution < -0.4 is 4.74 Å². The summed E-state index contributed by atoms with van der Waals surface area (Å²) in [7, 11) is 1.33. The molecule has 0 radical (unpaired) electrons. The topological polar surface area (TPSA) is 76.1 Å². The van der Waals surface area contributed by atoms with E-state index in [-0.39, 0.29) is 17.3 Å². The first-order chi connectivity index (χ1) is 14.9. The molecular weight excluding hydrogens is 394 g/mol. The van der Waals surface area contributed by atoms with Crippen molar-refractivity contribution in [2.24, 2.45) is 0 Å². The highest BCUT2D eigenvalue weighted by atomic mass is 16.5. The summed E-state index contributed by atoms with van der Waals surface area (Å²) in [5, 5.41) is 10.6. The fourth-order valence-corrected chi connectivity index (χ4v) is 3.84. The zero-order valence-corrected chi connectivity index (χ0v) is 18.5. The maximum absolute atomic E-state index is 13.1. The second-order valence-electron chi connectivity index (χ2n) is 7.72. The largest absolute Gasteiger partial charge is 0.507 e. The van der Waals surface area contributed by atoms with Crippen LogP contribution in [0.4, 0.5) is 0 Å². The van der Waals surface area contributed by atoms with Gasteiger partial charge in [0.25, 0.3) is 0 Å². The van der Waals surface area contributed by atoms with E-state index in [2.05, 4.69) is 18.7 Å². The number of hydrogen-bond donors (Lipinski definition) is 1. The average molecular weight is 424 g/mol. The fourth-order valence-electron chi connectivity index (χ4n) is 3.84. The van der Waals surface area contributed by atoms with E-state index in [1.54, 1.807) is 43.3 Å². The molecule has 0 saturated carbocycles. The summed E-state index contributed by atoms with van der Waals surface area (Å²) in [5.41, 5.74) is 2.98. The lowest BCUT2D eigenvalue weighted by molar-refractivity contribution is 0.0600. The Morgan fingerprint density at radius 2 is 1.81 bits per heavy atom. The van der Waals surface area contributed by atoms with Crippen LogP contribution in [-0.4, -0.2) is 42.0 Å². The fraction of sp³-hybridized carbons (Fsp3) is 0.360. The second kappa shape index (κ2) is 9.79. The van der Waals surface area contributed by atoms with Crippen molar-refractivity contribution >= 4 is 17.8 Å². The van der Waals surface area contributed by atoms with Gasteiger partial charge in [-0.2, -0.15) is 0 Å². The van der Waals surface area contributed by atoms with Crippen molar-refractivity contribution in [3.8, 4) is 11.5 Å². The first-order valence-corrected chi connectivity index (χ1v) is 10.6. The number of benzene rings is 2. The number of carbonyl (C=O) groups excluding carboxylic acids is 2. The van der Waals surface area contributed by atoms with Gasteiger partial charge >= 0.3 is 5.97 Å². The Bertz CT molecular complexity index is 1000. The van der Waals surface area contributed by atoms with E-state index < -0.39 is 5.97 Å². The summed E-state index contributed by atoms with van der Waals surface area (Å²) < 4.78 is 10.7. The monoisotopic (exact) mass is 423 g/mol. The Morgan fingerprint density at radius 3 is 2.39 bits per heavy atom. The minimum atomic E-state index is -0.417. The van der Waals surface area contributed by atoms with Crippen LogP contribution in [0.3, 0.4) is 0 Å². The van der Waals surface area contributed by atoms with Crippen molar-refractivity contribution in [1.29, 1.82) is 0 Å². The molecule has 0 atom stereocenters. The molecule has 3 rings (SSSR count). The lowest BCUT2D eigenvalue weighted by Crippen LogP contribution is -2.25. The molecule has 0 saturated heterocycles. The molecule has 0 fully saturated rings. The molecule has 164 valence electrons. The van der Waals surface area contributed by atoms with E-state index >= 15 is 0 Å². The maximum Gasteiger partial charge on any atom is 0.337 e. The van der Waals surface area contributed by atoms with Crippen molar-refractivity contribution < 1.29 is 24.2 Å². The highest BCUT2D eigenvalue weighted by molar-refractivity contribution is 6.15. The van der Waals surface area contributed by atoms with Gasteiger partial charge in [0.15, 0.2) is 5.76 Å². The van der Waals surface area contributed by atoms with Crippen molar-refractivity contribution in [2.45, 2.75) is 40.2 Å². The quantitative estimate of drug-likeness (QED) is 0.489. The molecule has 1 aliphatic heterocycles. The highest BCUT2D eigenvalue weighted by Crippen LogP contribution is 2.42. The third-order valence-corrected chi connectivity index (χ3v) is 5.31. The molecule has 6 nitrogen and oxygen atoms in total. The number of nitrogens with zero attached hydrogens (tertiary/aromatic N) is 1. The number of phenolic OH excluding ortho intramolecular Hbond substituents is 1. The number of hydrogen-bond acceptors (Lipinski definition) is 6. The van der Waals surface area contributed by atoms with Gasteiger partial charge in [-0.15, -0.1) is 0 Å². The Hall–Kier alpha value is -3.12. The van der Waals surface area contributed by atoms with Gasteiger partial charge < -0.3 is 14.6 Å². The molecule has 1 N–H and O–H groups in total. The average Bonchev–Trinajstić information content (AvgIpc) is 3.07. The first kappa shape index (κ1) is 22.6. The van der Waals surface area contributed by atoms with Gasteiger partial charge in [-0.05, 0) is 68.3 Å². The minimum Gasteiger partial charge on any atom is -0.507 e. The molecule has 1 heterocycles. The van der Waals surface area contributed by atoms with Crippen LogP contribution in [-0.2, 0) is 11.3 Å². The molecule has 0 aromatic heterocycles. The number of carbonyl (C=O) groups is 2. The maximum atomic E-state index is 13.1. The van der Waals surface area contributed by atoms with Crippen LogP contribution in [0, 0.1) is 6.92 Å². The van der Waals surface area contributed by atoms with Crippen LogP contribution in [0.2, 0.25) is 0 Å². The minimum absolute atomic E-state index is 0.143. The highest BCUT2D eigenvalue weighted by Gasteiger charge is 2.33. The van der Waals surface area contributed by atoms with Gasteiger partial charge in [0, 0.05) is 6.54 Å². The molecule has 31 heavy (non-hydrogen) atoms. The lowest BCUT2D eigenvalue weighted by atomic mass is 9.99. The van der Waals surface area contributed by atoms with E-state index in [0.717, 1.165) is 31.5 Å². The Balaban J connectivity index is 1.94. The zero-order valence-electron chi connectivity index (χ0n) is 18.5. The van der Waals surface area contributed by atoms with Crippen molar-refractivity contribution in [1.82, 2.24) is 4.90 Å². The predicted molar refractivity (Wildman–Crippen MR) is 119 cm³/mol. The SMILES string of the molecule is CCCN(CCC)Cc1c(O)cc(C)c2c1O/C(=C/c1ccc(C(=O)OC)cc1)C2=O. The van der Waals surface area contributed by atoms with Gasteiger partial charge in [0.1, 0.15) is 11.5 Å². The Kier molecular flexibility index (Phi) is 7.13. The number of allylic oxidation sites excluding steroid dienone is 1. The van der Waals surface area contributed by atoms with Crippen LogP contribution in [0.15, 0.2) is 36.1 Å². The second-order valence-corrected chi connectivity index (χ2v) is 7.72. The summed E-state index contributed by atoms with van der Waals surface area (Å²) in [5.74, 6) is 0.165. The number of aromatic hydroxyl groups is 1. The number of Topliss-reactive ketones (excluding diaryl/α,β-unsaturated/α-hetero) is 1. The Morgan fingerprint density at radius 1 is 1.16 bits per heavy atom. The number of rotatable bonds is 8. The summed E-state index contributed by atoms with van der Waals surface area (Å²) in [4.78, 5) is 27.0. The molecule has 0 bridgehead atoms. The van der Waals surface area contributed by atoms with Gasteiger partial charge in [-0.25, -0.2) is 4.79 Å². The summed E-state index contributed by atoms with van der Waals surface area (Å²) in [6, 6.07) is 8.38. The van der Waals surface area contributed by atoms with Crippen LogP contribution in [0.25, 0.3) is 6.08 Å². The van der Waals surface area contributed by atoms with E-state index in [1.165, 1.54) is 7.11 Å². The third kappa shape index (κ3) is 4.80. The van der Waals surface area contributed by atoms with Crippen molar-refractivity contribution in [2.75, 3.05) is 20.2 Å². The summed E-state index contributed by atoms with van der Waals surface area (Å²) in [6.07, 6.45) is 3.65. The third-order valence-electron chi connectivity index (χ3n) is 5.31. The zero-order chi connectivity index (χ0) is 22.5.